The number of ketones is 1. The Morgan fingerprint density at radius 2 is 2.04 bits per heavy atom. The number of nitrogens with one attached hydrogen (secondary N) is 1. The lowest BCUT2D eigenvalue weighted by molar-refractivity contribution is -0.155. The monoisotopic (exact) mass is 396 g/mol. The lowest BCUT2D eigenvalue weighted by Crippen LogP contribution is -2.26. The van der Waals surface area contributed by atoms with Crippen molar-refractivity contribution in [2.24, 2.45) is 0 Å². The normalized spacial score (nSPS) is 12.0. The van der Waals surface area contributed by atoms with Gasteiger partial charge in [-0.25, -0.2) is 0 Å². The average Bonchev–Trinajstić information content (AvgIpc) is 3.26. The van der Waals surface area contributed by atoms with Gasteiger partial charge >= 0.3 is 5.97 Å². The molecule has 0 atom stereocenters. The Labute approximate surface area is 165 Å². The number of thiophene rings is 1. The first kappa shape index (κ1) is 18.4. The SMILES string of the molecule is CC(=O)c1nn(CC(=O)OC(C)(C)C)c2ccc(-c3n[nH]c4ccsc34)cc12. The number of hydrogen-bond acceptors (Lipinski definition) is 6. The van der Waals surface area contributed by atoms with Gasteiger partial charge in [0.05, 0.1) is 15.7 Å². The molecule has 28 heavy (non-hydrogen) atoms. The number of Topliss-reactive ketones (excluding diaryl/α,β-unsaturated/α-hetero) is 1. The minimum absolute atomic E-state index is 0.0576. The Bertz CT molecular complexity index is 1210. The van der Waals surface area contributed by atoms with Gasteiger partial charge in [0.1, 0.15) is 23.5 Å². The van der Waals surface area contributed by atoms with Crippen molar-refractivity contribution in [3.63, 3.8) is 0 Å². The van der Waals surface area contributed by atoms with E-state index in [1.54, 1.807) is 11.3 Å². The van der Waals surface area contributed by atoms with Crippen LogP contribution in [-0.2, 0) is 16.1 Å². The first-order valence-electron chi connectivity index (χ1n) is 8.88. The van der Waals surface area contributed by atoms with E-state index in [9.17, 15) is 9.59 Å². The molecule has 3 heterocycles. The molecule has 144 valence electrons. The summed E-state index contributed by atoms with van der Waals surface area (Å²) in [6.45, 7) is 6.86. The lowest BCUT2D eigenvalue weighted by atomic mass is 10.1. The summed E-state index contributed by atoms with van der Waals surface area (Å²) in [6.07, 6.45) is 0. The van der Waals surface area contributed by atoms with Crippen molar-refractivity contribution in [2.45, 2.75) is 39.8 Å². The lowest BCUT2D eigenvalue weighted by Gasteiger charge is -2.19. The summed E-state index contributed by atoms with van der Waals surface area (Å²) in [5.41, 5.74) is 3.16. The van der Waals surface area contributed by atoms with Gasteiger partial charge < -0.3 is 4.74 Å². The van der Waals surface area contributed by atoms with Crippen LogP contribution in [0.1, 0.15) is 38.2 Å². The van der Waals surface area contributed by atoms with E-state index in [0.29, 0.717) is 16.6 Å². The van der Waals surface area contributed by atoms with Crippen LogP contribution in [0, 0.1) is 0 Å². The summed E-state index contributed by atoms with van der Waals surface area (Å²) < 4.78 is 7.97. The van der Waals surface area contributed by atoms with Crippen molar-refractivity contribution in [1.82, 2.24) is 20.0 Å². The quantitative estimate of drug-likeness (QED) is 0.413. The first-order valence-corrected chi connectivity index (χ1v) is 9.76. The van der Waals surface area contributed by atoms with Crippen LogP contribution in [-0.4, -0.2) is 37.3 Å². The van der Waals surface area contributed by atoms with E-state index in [0.717, 1.165) is 21.5 Å². The zero-order chi connectivity index (χ0) is 20.1. The van der Waals surface area contributed by atoms with Crippen LogP contribution in [0.15, 0.2) is 29.6 Å². The zero-order valence-corrected chi connectivity index (χ0v) is 16.9. The highest BCUT2D eigenvalue weighted by molar-refractivity contribution is 7.17. The van der Waals surface area contributed by atoms with Gasteiger partial charge in [0.2, 0.25) is 0 Å². The Hall–Kier alpha value is -3.00. The second-order valence-corrected chi connectivity index (χ2v) is 8.53. The molecule has 0 bridgehead atoms. The molecule has 0 aliphatic carbocycles. The predicted molar refractivity (Wildman–Crippen MR) is 109 cm³/mol. The molecule has 4 rings (SSSR count). The van der Waals surface area contributed by atoms with E-state index in [2.05, 4.69) is 15.3 Å². The molecule has 8 heteroatoms. The average molecular weight is 396 g/mol. The molecule has 3 aromatic heterocycles. The Morgan fingerprint density at radius 3 is 2.75 bits per heavy atom. The maximum atomic E-state index is 12.2. The topological polar surface area (TPSA) is 89.9 Å². The van der Waals surface area contributed by atoms with Gasteiger partial charge in [-0.15, -0.1) is 11.3 Å². The molecule has 7 nitrogen and oxygen atoms in total. The minimum Gasteiger partial charge on any atom is -0.459 e. The van der Waals surface area contributed by atoms with Crippen molar-refractivity contribution in [3.05, 3.63) is 35.3 Å². The summed E-state index contributed by atoms with van der Waals surface area (Å²) in [6, 6.07) is 7.67. The van der Waals surface area contributed by atoms with Crippen molar-refractivity contribution in [1.29, 1.82) is 0 Å². The number of aromatic nitrogens is 4. The molecule has 4 aromatic rings. The first-order chi connectivity index (χ1) is 13.2. The molecular formula is C20H20N4O3S. The molecule has 1 N–H and O–H groups in total. The molecule has 0 saturated heterocycles. The van der Waals surface area contributed by atoms with Gasteiger partial charge in [-0.1, -0.05) is 6.07 Å². The molecule has 0 amide bonds. The van der Waals surface area contributed by atoms with E-state index in [1.165, 1.54) is 11.6 Å². The van der Waals surface area contributed by atoms with Crippen LogP contribution in [0.2, 0.25) is 0 Å². The number of esters is 1. The number of carbonyl (C=O) groups excluding carboxylic acids is 2. The third-order valence-corrected chi connectivity index (χ3v) is 5.15. The van der Waals surface area contributed by atoms with Gasteiger partial charge in [0.25, 0.3) is 0 Å². The van der Waals surface area contributed by atoms with E-state index in [1.807, 2.05) is 50.4 Å². The minimum atomic E-state index is -0.581. The number of carbonyl (C=O) groups is 2. The standard InChI is InChI=1S/C20H20N4O3S/c1-11(25)17-13-9-12(18-19-14(21-22-18)7-8-28-19)5-6-15(13)24(23-17)10-16(26)27-20(2,3)4/h5-9H,10H2,1-4H3,(H,21,22). The third kappa shape index (κ3) is 3.31. The highest BCUT2D eigenvalue weighted by Gasteiger charge is 2.21. The number of ether oxygens (including phenoxy) is 1. The molecule has 0 aliphatic rings. The van der Waals surface area contributed by atoms with Gasteiger partial charge in [-0.05, 0) is 44.4 Å². The van der Waals surface area contributed by atoms with Crippen molar-refractivity contribution >= 4 is 44.2 Å². The fourth-order valence-corrected chi connectivity index (χ4v) is 4.00. The Kier molecular flexibility index (Phi) is 4.30. The van der Waals surface area contributed by atoms with Crippen LogP contribution in [0.4, 0.5) is 0 Å². The number of fused-ring (bicyclic) bond motifs is 2. The third-order valence-electron chi connectivity index (χ3n) is 4.22. The summed E-state index contributed by atoms with van der Waals surface area (Å²) in [7, 11) is 0. The highest BCUT2D eigenvalue weighted by atomic mass is 32.1. The molecule has 0 saturated carbocycles. The summed E-state index contributed by atoms with van der Waals surface area (Å²) >= 11 is 1.61. The maximum absolute atomic E-state index is 12.2. The molecule has 0 spiro atoms. The molecule has 0 unspecified atom stereocenters. The Morgan fingerprint density at radius 1 is 1.25 bits per heavy atom. The second kappa shape index (κ2) is 6.56. The summed E-state index contributed by atoms with van der Waals surface area (Å²) in [4.78, 5) is 24.4. The largest absolute Gasteiger partial charge is 0.459 e. The second-order valence-electron chi connectivity index (χ2n) is 7.62. The van der Waals surface area contributed by atoms with Crippen LogP contribution in [0.25, 0.3) is 32.4 Å². The van der Waals surface area contributed by atoms with Crippen molar-refractivity contribution in [3.8, 4) is 11.3 Å². The fraction of sp³-hybridized carbons (Fsp3) is 0.300. The Balaban J connectivity index is 1.78. The predicted octanol–water partition coefficient (Wildman–Crippen LogP) is 4.19. The van der Waals surface area contributed by atoms with Gasteiger partial charge in [-0.2, -0.15) is 10.2 Å². The van der Waals surface area contributed by atoms with Crippen molar-refractivity contribution in [2.75, 3.05) is 0 Å². The molecule has 1 aromatic carbocycles. The number of H-pyrrole nitrogens is 1. The fourth-order valence-electron chi connectivity index (χ4n) is 3.15. The van der Waals surface area contributed by atoms with E-state index in [-0.39, 0.29) is 12.3 Å². The molecule has 0 aliphatic heterocycles. The molecule has 0 fully saturated rings. The van der Waals surface area contributed by atoms with Gasteiger partial charge in [0, 0.05) is 17.9 Å². The van der Waals surface area contributed by atoms with E-state index < -0.39 is 11.6 Å². The van der Waals surface area contributed by atoms with Crippen LogP contribution in [0.5, 0.6) is 0 Å². The van der Waals surface area contributed by atoms with Crippen LogP contribution >= 0.6 is 11.3 Å². The van der Waals surface area contributed by atoms with Crippen LogP contribution < -0.4 is 0 Å². The van der Waals surface area contributed by atoms with Gasteiger partial charge in [0.15, 0.2) is 5.78 Å². The number of hydrogen-bond donors (Lipinski definition) is 1. The van der Waals surface area contributed by atoms with E-state index >= 15 is 0 Å². The van der Waals surface area contributed by atoms with E-state index in [4.69, 9.17) is 4.74 Å². The summed E-state index contributed by atoms with van der Waals surface area (Å²) in [5.74, 6) is -0.558. The van der Waals surface area contributed by atoms with Crippen molar-refractivity contribution < 1.29 is 14.3 Å². The zero-order valence-electron chi connectivity index (χ0n) is 16.1. The number of nitrogens with zero attached hydrogens (tertiary/aromatic N) is 3. The number of rotatable bonds is 4. The molecular weight excluding hydrogens is 376 g/mol. The summed E-state index contributed by atoms with van der Waals surface area (Å²) in [5, 5.41) is 14.5. The maximum Gasteiger partial charge on any atom is 0.328 e. The van der Waals surface area contributed by atoms with Gasteiger partial charge in [-0.3, -0.25) is 19.4 Å². The number of benzene rings is 1. The highest BCUT2D eigenvalue weighted by Crippen LogP contribution is 2.33. The smallest absolute Gasteiger partial charge is 0.328 e. The van der Waals surface area contributed by atoms with Crippen LogP contribution in [0.3, 0.4) is 0 Å². The molecule has 0 radical (unpaired) electrons. The number of aromatic amines is 1.